The second-order valence-electron chi connectivity index (χ2n) is 3.05. The first-order valence-electron chi connectivity index (χ1n) is 4.35. The van der Waals surface area contributed by atoms with Gasteiger partial charge in [-0.2, -0.15) is 5.10 Å². The number of rotatable bonds is 2. The number of amides is 2. The third-order valence-electron chi connectivity index (χ3n) is 2.12. The number of carbonyl (C=O) groups excluding carboxylic acids is 2. The highest BCUT2D eigenvalue weighted by molar-refractivity contribution is 6.03. The molecule has 0 bridgehead atoms. The molecule has 0 spiro atoms. The van der Waals surface area contributed by atoms with Gasteiger partial charge < -0.3 is 10.5 Å². The number of nitrogens with one attached hydrogen (secondary N) is 1. The van der Waals surface area contributed by atoms with Gasteiger partial charge in [-0.15, -0.1) is 0 Å². The van der Waals surface area contributed by atoms with Crippen molar-refractivity contribution in [2.24, 2.45) is 16.8 Å². The van der Waals surface area contributed by atoms with E-state index in [2.05, 4.69) is 15.3 Å². The van der Waals surface area contributed by atoms with Gasteiger partial charge in [-0.05, 0) is 19.3 Å². The predicted octanol–water partition coefficient (Wildman–Crippen LogP) is -0.0162. The van der Waals surface area contributed by atoms with Crippen molar-refractivity contribution in [1.29, 1.82) is 0 Å². The number of esters is 1. The van der Waals surface area contributed by atoms with Crippen LogP contribution in [0.25, 0.3) is 0 Å². The predicted molar refractivity (Wildman–Crippen MR) is 49.5 cm³/mol. The van der Waals surface area contributed by atoms with Crippen LogP contribution >= 0.6 is 0 Å². The topological polar surface area (TPSA) is 93.8 Å². The zero-order valence-corrected chi connectivity index (χ0v) is 7.95. The maximum Gasteiger partial charge on any atom is 0.332 e. The molecular formula is C8H13N3O3. The largest absolute Gasteiger partial charge is 0.469 e. The van der Waals surface area contributed by atoms with E-state index in [-0.39, 0.29) is 11.9 Å². The molecule has 0 aliphatic heterocycles. The number of hydrogen-bond acceptors (Lipinski definition) is 4. The fourth-order valence-corrected chi connectivity index (χ4v) is 1.49. The van der Waals surface area contributed by atoms with Gasteiger partial charge in [0.2, 0.25) is 0 Å². The number of urea groups is 1. The molecule has 0 heterocycles. The number of hydrogen-bond donors (Lipinski definition) is 2. The average Bonchev–Trinajstić information content (AvgIpc) is 2.61. The molecule has 1 saturated carbocycles. The number of hydrazone groups is 1. The van der Waals surface area contributed by atoms with Crippen LogP contribution in [-0.4, -0.2) is 24.8 Å². The second-order valence-corrected chi connectivity index (χ2v) is 3.05. The molecule has 0 aromatic rings. The Bertz CT molecular complexity index is 275. The van der Waals surface area contributed by atoms with Gasteiger partial charge in [-0.1, -0.05) is 0 Å². The van der Waals surface area contributed by atoms with Crippen molar-refractivity contribution in [3.63, 3.8) is 0 Å². The second kappa shape index (κ2) is 4.59. The Labute approximate surface area is 81.5 Å². The van der Waals surface area contributed by atoms with Crippen LogP contribution in [0.5, 0.6) is 0 Å². The van der Waals surface area contributed by atoms with E-state index >= 15 is 0 Å². The summed E-state index contributed by atoms with van der Waals surface area (Å²) in [6.07, 6.45) is 2.28. The zero-order chi connectivity index (χ0) is 10.6. The fraction of sp³-hybridized carbons (Fsp3) is 0.625. The third-order valence-corrected chi connectivity index (χ3v) is 2.12. The molecule has 14 heavy (non-hydrogen) atoms. The van der Waals surface area contributed by atoms with E-state index in [1.165, 1.54) is 7.11 Å². The molecule has 78 valence electrons. The van der Waals surface area contributed by atoms with Gasteiger partial charge in [0.15, 0.2) is 0 Å². The standard InChI is InChI=1S/C8H13N3O3/c1-14-7(12)5-3-2-4-6(5)10-11-8(9)13/h5H,2-4H2,1H3,(H3,9,11,13)/b10-6+. The molecule has 1 unspecified atom stereocenters. The molecule has 2 amide bonds. The number of primary amides is 1. The van der Waals surface area contributed by atoms with E-state index in [1.807, 2.05) is 0 Å². The van der Waals surface area contributed by atoms with Gasteiger partial charge in [0.05, 0.1) is 18.7 Å². The fourth-order valence-electron chi connectivity index (χ4n) is 1.49. The Balaban J connectivity index is 2.63. The number of methoxy groups -OCH3 is 1. The van der Waals surface area contributed by atoms with Crippen molar-refractivity contribution in [1.82, 2.24) is 5.43 Å². The normalized spacial score (nSPS) is 23.5. The highest BCUT2D eigenvalue weighted by Crippen LogP contribution is 2.23. The minimum Gasteiger partial charge on any atom is -0.469 e. The van der Waals surface area contributed by atoms with Crippen molar-refractivity contribution in [3.8, 4) is 0 Å². The minimum atomic E-state index is -0.729. The summed E-state index contributed by atoms with van der Waals surface area (Å²) >= 11 is 0. The van der Waals surface area contributed by atoms with Crippen molar-refractivity contribution in [3.05, 3.63) is 0 Å². The molecule has 0 saturated heterocycles. The van der Waals surface area contributed by atoms with Crippen molar-refractivity contribution < 1.29 is 14.3 Å². The summed E-state index contributed by atoms with van der Waals surface area (Å²) in [6, 6.07) is -0.729. The minimum absolute atomic E-state index is 0.312. The summed E-state index contributed by atoms with van der Waals surface area (Å²) in [4.78, 5) is 21.6. The Hall–Kier alpha value is -1.59. The monoisotopic (exact) mass is 199 g/mol. The van der Waals surface area contributed by atoms with Gasteiger partial charge in [-0.3, -0.25) is 4.79 Å². The van der Waals surface area contributed by atoms with Crippen LogP contribution in [0.3, 0.4) is 0 Å². The van der Waals surface area contributed by atoms with Gasteiger partial charge in [0, 0.05) is 0 Å². The Morgan fingerprint density at radius 3 is 2.93 bits per heavy atom. The van der Waals surface area contributed by atoms with Crippen molar-refractivity contribution >= 4 is 17.7 Å². The summed E-state index contributed by atoms with van der Waals surface area (Å²) in [6.45, 7) is 0. The van der Waals surface area contributed by atoms with E-state index in [1.54, 1.807) is 0 Å². The lowest BCUT2D eigenvalue weighted by Gasteiger charge is -2.07. The molecule has 6 heteroatoms. The molecule has 1 atom stereocenters. The lowest BCUT2D eigenvalue weighted by Crippen LogP contribution is -2.28. The number of carbonyl (C=O) groups is 2. The molecular weight excluding hydrogens is 186 g/mol. The van der Waals surface area contributed by atoms with Gasteiger partial charge in [0.1, 0.15) is 0 Å². The first-order chi connectivity index (χ1) is 6.65. The summed E-state index contributed by atoms with van der Waals surface area (Å²) in [5.41, 5.74) is 7.60. The highest BCUT2D eigenvalue weighted by Gasteiger charge is 2.30. The molecule has 0 aromatic heterocycles. The number of ether oxygens (including phenoxy) is 1. The van der Waals surface area contributed by atoms with Crippen LogP contribution in [0.2, 0.25) is 0 Å². The number of nitrogens with two attached hydrogens (primary N) is 1. The molecule has 0 aromatic carbocycles. The number of nitrogens with zero attached hydrogens (tertiary/aromatic N) is 1. The van der Waals surface area contributed by atoms with Gasteiger partial charge in [0.25, 0.3) is 0 Å². The Kier molecular flexibility index (Phi) is 3.44. The van der Waals surface area contributed by atoms with E-state index in [9.17, 15) is 9.59 Å². The molecule has 1 rings (SSSR count). The molecule has 6 nitrogen and oxygen atoms in total. The lowest BCUT2D eigenvalue weighted by molar-refractivity contribution is -0.142. The van der Waals surface area contributed by atoms with Gasteiger partial charge in [-0.25, -0.2) is 10.2 Å². The van der Waals surface area contributed by atoms with E-state index < -0.39 is 6.03 Å². The molecule has 1 fully saturated rings. The van der Waals surface area contributed by atoms with E-state index in [0.29, 0.717) is 18.6 Å². The van der Waals surface area contributed by atoms with E-state index in [0.717, 1.165) is 6.42 Å². The third kappa shape index (κ3) is 2.45. The summed E-state index contributed by atoms with van der Waals surface area (Å²) in [5, 5.41) is 3.76. The molecule has 1 aliphatic rings. The maximum absolute atomic E-state index is 11.2. The highest BCUT2D eigenvalue weighted by atomic mass is 16.5. The molecule has 1 aliphatic carbocycles. The maximum atomic E-state index is 11.2. The summed E-state index contributed by atoms with van der Waals surface area (Å²) < 4.78 is 4.61. The van der Waals surface area contributed by atoms with Crippen LogP contribution < -0.4 is 11.2 Å². The zero-order valence-electron chi connectivity index (χ0n) is 7.95. The van der Waals surface area contributed by atoms with Crippen LogP contribution in [0.15, 0.2) is 5.10 Å². The Morgan fingerprint density at radius 1 is 1.64 bits per heavy atom. The quantitative estimate of drug-likeness (QED) is 0.483. The van der Waals surface area contributed by atoms with Crippen LogP contribution in [0.4, 0.5) is 4.79 Å². The molecule has 3 N–H and O–H groups in total. The van der Waals surface area contributed by atoms with Crippen LogP contribution in [-0.2, 0) is 9.53 Å². The first-order valence-corrected chi connectivity index (χ1v) is 4.35. The van der Waals surface area contributed by atoms with Gasteiger partial charge >= 0.3 is 12.0 Å². The van der Waals surface area contributed by atoms with Crippen molar-refractivity contribution in [2.45, 2.75) is 19.3 Å². The Morgan fingerprint density at radius 2 is 2.36 bits per heavy atom. The SMILES string of the molecule is COC(=O)C1CCC/C1=N\NC(N)=O. The first kappa shape index (κ1) is 10.5. The van der Waals surface area contributed by atoms with Crippen molar-refractivity contribution in [2.75, 3.05) is 7.11 Å². The summed E-state index contributed by atoms with van der Waals surface area (Å²) in [5.74, 6) is -0.639. The van der Waals surface area contributed by atoms with Crippen LogP contribution in [0.1, 0.15) is 19.3 Å². The van der Waals surface area contributed by atoms with E-state index in [4.69, 9.17) is 5.73 Å². The summed E-state index contributed by atoms with van der Waals surface area (Å²) in [7, 11) is 1.33. The average molecular weight is 199 g/mol. The lowest BCUT2D eigenvalue weighted by atomic mass is 10.1. The smallest absolute Gasteiger partial charge is 0.332 e. The van der Waals surface area contributed by atoms with Crippen LogP contribution in [0, 0.1) is 5.92 Å². The molecule has 0 radical (unpaired) electrons.